The van der Waals surface area contributed by atoms with Crippen LogP contribution in [0.3, 0.4) is 0 Å². The van der Waals surface area contributed by atoms with Gasteiger partial charge in [0.2, 0.25) is 8.32 Å². The molecule has 2 saturated heterocycles. The van der Waals surface area contributed by atoms with E-state index in [0.29, 0.717) is 29.3 Å². The highest BCUT2D eigenvalue weighted by Crippen LogP contribution is 2.61. The molecular weight excluding hydrogens is 422 g/mol. The van der Waals surface area contributed by atoms with Gasteiger partial charge in [-0.3, -0.25) is 4.90 Å². The second-order valence-corrected chi connectivity index (χ2v) is 16.9. The summed E-state index contributed by atoms with van der Waals surface area (Å²) in [5.74, 6) is 0.219. The van der Waals surface area contributed by atoms with Crippen LogP contribution in [0.4, 0.5) is 5.69 Å². The lowest BCUT2D eigenvalue weighted by atomic mass is 9.62. The van der Waals surface area contributed by atoms with E-state index in [1.54, 1.807) is 0 Å². The van der Waals surface area contributed by atoms with Crippen molar-refractivity contribution in [1.29, 1.82) is 5.26 Å². The number of allylic oxidation sites excluding steroid dienone is 1. The van der Waals surface area contributed by atoms with Crippen molar-refractivity contribution in [2.45, 2.75) is 82.5 Å². The second kappa shape index (κ2) is 8.11. The van der Waals surface area contributed by atoms with Crippen LogP contribution in [0, 0.1) is 17.2 Å². The normalized spacial score (nSPS) is 29.6. The summed E-state index contributed by atoms with van der Waals surface area (Å²) in [6.45, 7) is 16.8. The summed E-state index contributed by atoms with van der Waals surface area (Å²) < 4.78 is 6.87. The molecule has 3 aliphatic heterocycles. The molecule has 3 heterocycles. The van der Waals surface area contributed by atoms with Gasteiger partial charge in [-0.2, -0.15) is 5.26 Å². The summed E-state index contributed by atoms with van der Waals surface area (Å²) in [5.41, 5.74) is 7.88. The topological polar surface area (TPSA) is 48.3 Å². The molecule has 1 aromatic rings. The molecule has 2 fully saturated rings. The van der Waals surface area contributed by atoms with Gasteiger partial charge in [-0.05, 0) is 46.7 Å². The number of para-hydroxylation sites is 1. The largest absolute Gasteiger partial charge is 0.412 e. The summed E-state index contributed by atoms with van der Waals surface area (Å²) in [6, 6.07) is 11.9. The Kier molecular flexibility index (Phi) is 5.63. The number of piperidine rings is 1. The van der Waals surface area contributed by atoms with Crippen LogP contribution in [0.1, 0.15) is 59.9 Å². The summed E-state index contributed by atoms with van der Waals surface area (Å²) in [4.78, 5) is 2.68. The van der Waals surface area contributed by atoms with E-state index in [-0.39, 0.29) is 11.3 Å². The molecule has 4 nitrogen and oxygen atoms in total. The van der Waals surface area contributed by atoms with Gasteiger partial charge >= 0.3 is 0 Å². The molecule has 1 aromatic carbocycles. The molecule has 1 N–H and O–H groups in total. The molecule has 1 spiro atoms. The average Bonchev–Trinajstić information content (AvgIpc) is 3.33. The van der Waals surface area contributed by atoms with Crippen molar-refractivity contribution < 1.29 is 4.43 Å². The van der Waals surface area contributed by atoms with Crippen LogP contribution in [0.15, 0.2) is 47.2 Å². The fraction of sp³-hybridized carbons (Fsp3) is 0.607. The van der Waals surface area contributed by atoms with Crippen LogP contribution in [-0.4, -0.2) is 39.0 Å². The lowest BCUT2D eigenvalue weighted by Gasteiger charge is -2.48. The van der Waals surface area contributed by atoms with Gasteiger partial charge in [0.05, 0.1) is 23.7 Å². The molecule has 0 aromatic heterocycles. The highest BCUT2D eigenvalue weighted by Gasteiger charge is 2.61. The van der Waals surface area contributed by atoms with Crippen molar-refractivity contribution in [2.24, 2.45) is 5.92 Å². The van der Waals surface area contributed by atoms with E-state index in [1.807, 2.05) is 0 Å². The molecule has 0 unspecified atom stereocenters. The van der Waals surface area contributed by atoms with Gasteiger partial charge in [-0.15, -0.1) is 0 Å². The van der Waals surface area contributed by atoms with Crippen molar-refractivity contribution in [3.05, 3.63) is 52.7 Å². The van der Waals surface area contributed by atoms with Gasteiger partial charge in [-0.25, -0.2) is 0 Å². The predicted molar refractivity (Wildman–Crippen MR) is 138 cm³/mol. The first-order valence-corrected chi connectivity index (χ1v) is 15.0. The lowest BCUT2D eigenvalue weighted by Crippen LogP contribution is -2.52. The van der Waals surface area contributed by atoms with Crippen molar-refractivity contribution >= 4 is 14.0 Å². The van der Waals surface area contributed by atoms with Gasteiger partial charge in [-0.1, -0.05) is 65.8 Å². The Labute approximate surface area is 200 Å². The molecule has 2 bridgehead atoms. The molecule has 0 amide bonds. The monoisotopic (exact) mass is 461 g/mol. The third-order valence-electron chi connectivity index (χ3n) is 9.33. The highest BCUT2D eigenvalue weighted by molar-refractivity contribution is 6.77. The van der Waals surface area contributed by atoms with Gasteiger partial charge in [0.1, 0.15) is 0 Å². The predicted octanol–water partition coefficient (Wildman–Crippen LogP) is 6.35. The van der Waals surface area contributed by atoms with Gasteiger partial charge < -0.3 is 9.74 Å². The minimum Gasteiger partial charge on any atom is -0.412 e. The van der Waals surface area contributed by atoms with Crippen molar-refractivity contribution in [3.63, 3.8) is 0 Å². The molecule has 5 rings (SSSR count). The number of nitrogens with one attached hydrogen (secondary N) is 1. The Hall–Kier alpha value is -1.87. The summed E-state index contributed by atoms with van der Waals surface area (Å²) in [6.07, 6.45) is 4.50. The molecule has 0 saturated carbocycles. The molecule has 5 heteroatoms. The Morgan fingerprint density at radius 1 is 1.18 bits per heavy atom. The van der Waals surface area contributed by atoms with Gasteiger partial charge in [0.15, 0.2) is 0 Å². The Morgan fingerprint density at radius 3 is 2.55 bits per heavy atom. The van der Waals surface area contributed by atoms with Crippen LogP contribution >= 0.6 is 0 Å². The van der Waals surface area contributed by atoms with Crippen LogP contribution in [-0.2, 0) is 9.84 Å². The average molecular weight is 462 g/mol. The fourth-order valence-electron chi connectivity index (χ4n) is 8.10. The van der Waals surface area contributed by atoms with Crippen LogP contribution < -0.4 is 5.32 Å². The molecule has 0 radical (unpaired) electrons. The number of hydrogen-bond acceptors (Lipinski definition) is 4. The van der Waals surface area contributed by atoms with Crippen molar-refractivity contribution in [2.75, 3.05) is 25.0 Å². The van der Waals surface area contributed by atoms with Crippen molar-refractivity contribution in [3.8, 4) is 6.07 Å². The first-order valence-electron chi connectivity index (χ1n) is 12.9. The summed E-state index contributed by atoms with van der Waals surface area (Å²) >= 11 is 0. The van der Waals surface area contributed by atoms with Crippen LogP contribution in [0.2, 0.25) is 16.6 Å². The van der Waals surface area contributed by atoms with E-state index in [1.165, 1.54) is 22.5 Å². The zero-order valence-corrected chi connectivity index (χ0v) is 22.1. The van der Waals surface area contributed by atoms with Gasteiger partial charge in [0, 0.05) is 36.4 Å². The molecule has 4 aliphatic rings. The maximum absolute atomic E-state index is 10.3. The maximum Gasteiger partial charge on any atom is 0.200 e. The van der Waals surface area contributed by atoms with Gasteiger partial charge in [0.25, 0.3) is 0 Å². The van der Waals surface area contributed by atoms with Crippen LogP contribution in [0.5, 0.6) is 0 Å². The second-order valence-electron chi connectivity index (χ2n) is 11.5. The van der Waals surface area contributed by atoms with E-state index < -0.39 is 8.32 Å². The Morgan fingerprint density at radius 2 is 1.88 bits per heavy atom. The van der Waals surface area contributed by atoms with E-state index in [9.17, 15) is 5.26 Å². The minimum atomic E-state index is -1.90. The first-order chi connectivity index (χ1) is 15.8. The van der Waals surface area contributed by atoms with E-state index in [4.69, 9.17) is 4.43 Å². The Balaban J connectivity index is 1.49. The van der Waals surface area contributed by atoms with E-state index in [0.717, 1.165) is 31.5 Å². The standard InChI is InChI=1S/C28H39N3OSi/c1-18(2)33(19(3)4,20(5)6)32-14-11-21-17-31-13-12-28-24-9-7-8-10-25(24)30-27(28)23(16-29)22(21)15-26(28)31/h7-11,18-20,22,26,30H,12-15,17H2,1-6H3/b21-11-/t22-,26-,28+/m1/s1. The zero-order chi connectivity index (χ0) is 23.5. The number of rotatable bonds is 6. The molecule has 33 heavy (non-hydrogen) atoms. The number of benzene rings is 1. The third-order valence-corrected chi connectivity index (χ3v) is 15.4. The summed E-state index contributed by atoms with van der Waals surface area (Å²) in [7, 11) is -1.90. The van der Waals surface area contributed by atoms with E-state index in [2.05, 4.69) is 88.2 Å². The SMILES string of the molecule is CC(C)[Si](OC/C=C1/CN2CC[C@@]34C(=C(C#N)[C@@H]1C[C@@H]23)Nc1ccccc14)(C(C)C)C(C)C. The van der Waals surface area contributed by atoms with Crippen molar-refractivity contribution in [1.82, 2.24) is 4.90 Å². The lowest BCUT2D eigenvalue weighted by molar-refractivity contribution is 0.166. The smallest absolute Gasteiger partial charge is 0.200 e. The zero-order valence-electron chi connectivity index (χ0n) is 21.1. The first kappa shape index (κ1) is 22.9. The third kappa shape index (κ3) is 3.07. The number of nitriles is 1. The minimum absolute atomic E-state index is 0.0187. The number of hydrogen-bond donors (Lipinski definition) is 1. The molecule has 3 atom stereocenters. The maximum atomic E-state index is 10.3. The molecule has 1 aliphatic carbocycles. The summed E-state index contributed by atoms with van der Waals surface area (Å²) in [5, 5.41) is 14.0. The quantitative estimate of drug-likeness (QED) is 0.396. The molecule has 176 valence electrons. The molecular formula is C28H39N3OSi. The number of fused-ring (bicyclic) bond motifs is 2. The highest BCUT2D eigenvalue weighted by atomic mass is 28.4. The number of nitrogens with zero attached hydrogens (tertiary/aromatic N) is 2. The number of anilines is 1. The van der Waals surface area contributed by atoms with Crippen LogP contribution in [0.25, 0.3) is 0 Å². The Bertz CT molecular complexity index is 1030. The fourth-order valence-corrected chi connectivity index (χ4v) is 13.5. The van der Waals surface area contributed by atoms with E-state index >= 15 is 0 Å².